The molecule has 0 aliphatic heterocycles. The summed E-state index contributed by atoms with van der Waals surface area (Å²) in [7, 11) is 0. The fourth-order valence-corrected chi connectivity index (χ4v) is 2.78. The van der Waals surface area contributed by atoms with Crippen molar-refractivity contribution >= 4 is 39.0 Å². The predicted octanol–water partition coefficient (Wildman–Crippen LogP) is 3.09. The summed E-state index contributed by atoms with van der Waals surface area (Å²) in [5.74, 6) is 0.432. The van der Waals surface area contributed by atoms with Gasteiger partial charge in [-0.15, -0.1) is 0 Å². The van der Waals surface area contributed by atoms with E-state index in [0.717, 1.165) is 21.2 Å². The molecule has 0 radical (unpaired) electrons. The number of anilines is 1. The summed E-state index contributed by atoms with van der Waals surface area (Å²) >= 11 is 3.35. The van der Waals surface area contributed by atoms with Crippen molar-refractivity contribution in [1.29, 1.82) is 0 Å². The Hall–Kier alpha value is -2.61. The number of benzene rings is 1. The minimum atomic E-state index is -0.431. The molecule has 0 atom stereocenters. The summed E-state index contributed by atoms with van der Waals surface area (Å²) in [4.78, 5) is 20.1. The average Bonchev–Trinajstić information content (AvgIpc) is 2.92. The van der Waals surface area contributed by atoms with Gasteiger partial charge in [0, 0.05) is 13.1 Å². The first-order valence-corrected chi connectivity index (χ1v) is 8.64. The molecule has 3 aromatic rings. The van der Waals surface area contributed by atoms with Crippen LogP contribution in [0.5, 0.6) is 0 Å². The third-order valence-corrected chi connectivity index (χ3v) is 4.11. The number of aryl methyl sites for hydroxylation is 1. The fraction of sp³-hybridized carbons (Fsp3) is 0.235. The van der Waals surface area contributed by atoms with Crippen LogP contribution in [0.3, 0.4) is 0 Å². The number of ether oxygens (including phenoxy) is 1. The number of carbonyl (C=O) groups is 1. The number of nitrogens with zero attached hydrogens (tertiary/aromatic N) is 3. The largest absolute Gasteiger partial charge is 0.445 e. The van der Waals surface area contributed by atoms with Gasteiger partial charge < -0.3 is 20.4 Å². The fourth-order valence-electron chi connectivity index (χ4n) is 2.46. The molecule has 0 aliphatic rings. The van der Waals surface area contributed by atoms with Gasteiger partial charge in [-0.2, -0.15) is 0 Å². The molecule has 3 N–H and O–H groups in total. The highest BCUT2D eigenvalue weighted by Crippen LogP contribution is 2.20. The van der Waals surface area contributed by atoms with Crippen LogP contribution in [-0.4, -0.2) is 27.2 Å². The second kappa shape index (κ2) is 7.98. The number of fused-ring (bicyclic) bond motifs is 1. The van der Waals surface area contributed by atoms with Crippen LogP contribution in [0.15, 0.2) is 47.2 Å². The van der Waals surface area contributed by atoms with Crippen LogP contribution in [0.4, 0.5) is 10.7 Å². The molecular weight excluding hydrogens is 386 g/mol. The van der Waals surface area contributed by atoms with Gasteiger partial charge in [0.1, 0.15) is 16.7 Å². The Morgan fingerprint density at radius 2 is 2.12 bits per heavy atom. The van der Waals surface area contributed by atoms with E-state index >= 15 is 0 Å². The molecule has 7 nitrogen and oxygen atoms in total. The lowest BCUT2D eigenvalue weighted by Gasteiger charge is -2.09. The van der Waals surface area contributed by atoms with Crippen molar-refractivity contribution in [3.63, 3.8) is 0 Å². The minimum absolute atomic E-state index is 0.257. The van der Waals surface area contributed by atoms with Crippen molar-refractivity contribution in [3.05, 3.63) is 52.8 Å². The molecule has 25 heavy (non-hydrogen) atoms. The summed E-state index contributed by atoms with van der Waals surface area (Å²) in [6.07, 6.45) is 1.95. The van der Waals surface area contributed by atoms with E-state index in [1.54, 1.807) is 6.20 Å². The molecule has 0 saturated carbocycles. The predicted molar refractivity (Wildman–Crippen MR) is 98.9 cm³/mol. The van der Waals surface area contributed by atoms with Gasteiger partial charge in [-0.05, 0) is 34.0 Å². The van der Waals surface area contributed by atoms with E-state index in [4.69, 9.17) is 10.5 Å². The lowest BCUT2D eigenvalue weighted by atomic mass is 10.2. The topological polar surface area (TPSA) is 95.1 Å². The van der Waals surface area contributed by atoms with E-state index in [1.165, 1.54) is 0 Å². The van der Waals surface area contributed by atoms with E-state index in [1.807, 2.05) is 41.0 Å². The van der Waals surface area contributed by atoms with Crippen molar-refractivity contribution in [3.8, 4) is 0 Å². The third-order valence-electron chi connectivity index (χ3n) is 3.67. The number of nitrogens with two attached hydrogens (primary N) is 1. The quantitative estimate of drug-likeness (QED) is 0.486. The summed E-state index contributed by atoms with van der Waals surface area (Å²) < 4.78 is 7.79. The molecule has 8 heteroatoms. The number of pyridine rings is 1. The summed E-state index contributed by atoms with van der Waals surface area (Å²) in [6, 6.07) is 11.4. The van der Waals surface area contributed by atoms with Crippen LogP contribution in [0, 0.1) is 0 Å². The highest BCUT2D eigenvalue weighted by atomic mass is 79.9. The second-order valence-corrected chi connectivity index (χ2v) is 6.27. The minimum Gasteiger partial charge on any atom is -0.445 e. The van der Waals surface area contributed by atoms with Crippen LogP contribution < -0.4 is 11.1 Å². The Morgan fingerprint density at radius 3 is 2.92 bits per heavy atom. The molecule has 0 unspecified atom stereocenters. The Morgan fingerprint density at radius 1 is 1.32 bits per heavy atom. The van der Waals surface area contributed by atoms with Crippen LogP contribution in [0.1, 0.15) is 12.0 Å². The van der Waals surface area contributed by atoms with Crippen molar-refractivity contribution < 1.29 is 9.53 Å². The normalized spacial score (nSPS) is 10.8. The Balaban J connectivity index is 1.46. The molecule has 130 valence electrons. The number of imidazole rings is 1. The average molecular weight is 404 g/mol. The van der Waals surface area contributed by atoms with Gasteiger partial charge >= 0.3 is 6.09 Å². The van der Waals surface area contributed by atoms with Crippen molar-refractivity contribution in [2.45, 2.75) is 19.6 Å². The Labute approximate surface area is 153 Å². The van der Waals surface area contributed by atoms with Crippen molar-refractivity contribution in [2.24, 2.45) is 0 Å². The first-order chi connectivity index (χ1) is 12.1. The maximum absolute atomic E-state index is 11.7. The first kappa shape index (κ1) is 17.2. The zero-order chi connectivity index (χ0) is 17.6. The van der Waals surface area contributed by atoms with Crippen LogP contribution >= 0.6 is 15.9 Å². The smallest absolute Gasteiger partial charge is 0.407 e. The maximum atomic E-state index is 11.7. The summed E-state index contributed by atoms with van der Waals surface area (Å²) in [5.41, 5.74) is 8.56. The monoisotopic (exact) mass is 403 g/mol. The molecule has 0 saturated heterocycles. The van der Waals surface area contributed by atoms with Crippen LogP contribution in [0.2, 0.25) is 0 Å². The van der Waals surface area contributed by atoms with Crippen molar-refractivity contribution in [1.82, 2.24) is 19.9 Å². The van der Waals surface area contributed by atoms with E-state index < -0.39 is 6.09 Å². The third kappa shape index (κ3) is 4.48. The zero-order valence-electron chi connectivity index (χ0n) is 13.5. The standard InChI is InChI=1S/C17H18BrN5O2/c18-15-9-14-13(10-21-15)22-16(19)23(14)8-4-7-20-17(24)25-11-12-5-2-1-3-6-12/h1-3,5-6,9-10H,4,7-8,11H2,(H2,19,22)(H,20,24). The number of amides is 1. The number of hydrogen-bond acceptors (Lipinski definition) is 5. The first-order valence-electron chi connectivity index (χ1n) is 7.85. The lowest BCUT2D eigenvalue weighted by molar-refractivity contribution is 0.139. The SMILES string of the molecule is Nc1nc2cnc(Br)cc2n1CCCNC(=O)OCc1ccccc1. The molecule has 0 bridgehead atoms. The number of halogens is 1. The molecule has 0 fully saturated rings. The maximum Gasteiger partial charge on any atom is 0.407 e. The molecule has 3 rings (SSSR count). The van der Waals surface area contributed by atoms with E-state index in [2.05, 4.69) is 31.2 Å². The van der Waals surface area contributed by atoms with E-state index in [-0.39, 0.29) is 6.61 Å². The highest BCUT2D eigenvalue weighted by molar-refractivity contribution is 9.10. The number of rotatable bonds is 6. The van der Waals surface area contributed by atoms with Gasteiger partial charge in [0.05, 0.1) is 11.7 Å². The van der Waals surface area contributed by atoms with Gasteiger partial charge in [0.25, 0.3) is 0 Å². The van der Waals surface area contributed by atoms with Crippen molar-refractivity contribution in [2.75, 3.05) is 12.3 Å². The number of nitrogen functional groups attached to an aromatic ring is 1. The van der Waals surface area contributed by atoms with Gasteiger partial charge in [-0.3, -0.25) is 0 Å². The number of carbonyl (C=O) groups excluding carboxylic acids is 1. The zero-order valence-corrected chi connectivity index (χ0v) is 15.1. The molecule has 2 aromatic heterocycles. The van der Waals surface area contributed by atoms with Crippen LogP contribution in [-0.2, 0) is 17.9 Å². The Bertz CT molecular complexity index is 866. The van der Waals surface area contributed by atoms with Gasteiger partial charge in [0.2, 0.25) is 5.95 Å². The highest BCUT2D eigenvalue weighted by Gasteiger charge is 2.09. The van der Waals surface area contributed by atoms with Crippen LogP contribution in [0.25, 0.3) is 11.0 Å². The van der Waals surface area contributed by atoms with Gasteiger partial charge in [-0.25, -0.2) is 14.8 Å². The van der Waals surface area contributed by atoms with Gasteiger partial charge in [0.15, 0.2) is 0 Å². The number of hydrogen-bond donors (Lipinski definition) is 2. The van der Waals surface area contributed by atoms with E-state index in [9.17, 15) is 4.79 Å². The second-order valence-electron chi connectivity index (χ2n) is 5.46. The Kier molecular flexibility index (Phi) is 5.49. The van der Waals surface area contributed by atoms with Gasteiger partial charge in [-0.1, -0.05) is 30.3 Å². The summed E-state index contributed by atoms with van der Waals surface area (Å²) in [6.45, 7) is 1.38. The number of alkyl carbamates (subject to hydrolysis) is 1. The lowest BCUT2D eigenvalue weighted by Crippen LogP contribution is -2.26. The molecule has 0 aliphatic carbocycles. The number of nitrogens with one attached hydrogen (secondary N) is 1. The molecule has 1 amide bonds. The van der Waals surface area contributed by atoms with E-state index in [0.29, 0.717) is 25.5 Å². The molecule has 0 spiro atoms. The molecule has 2 heterocycles. The number of aromatic nitrogens is 3. The molecular formula is C17H18BrN5O2. The summed E-state index contributed by atoms with van der Waals surface area (Å²) in [5, 5.41) is 2.74. The molecule has 1 aromatic carbocycles.